The average molecular weight is 305 g/mol. The fraction of sp³-hybridized carbons (Fsp3) is 0.0769. The largest absolute Gasteiger partial charge is 0.459 e. The summed E-state index contributed by atoms with van der Waals surface area (Å²) in [6.07, 6.45) is 1.36. The number of aryl methyl sites for hydroxylation is 1. The second-order valence-electron chi connectivity index (χ2n) is 4.16. The number of benzene rings is 1. The molecule has 0 fully saturated rings. The van der Waals surface area contributed by atoms with Crippen molar-refractivity contribution in [2.24, 2.45) is 0 Å². The number of furan rings is 1. The van der Waals surface area contributed by atoms with Gasteiger partial charge in [-0.1, -0.05) is 6.07 Å². The monoisotopic (exact) mass is 305 g/mol. The van der Waals surface area contributed by atoms with Crippen molar-refractivity contribution in [3.63, 3.8) is 0 Å². The maximum absolute atomic E-state index is 11.7. The predicted octanol–water partition coefficient (Wildman–Crippen LogP) is 2.62. The third kappa shape index (κ3) is 3.63. The molecular weight excluding hydrogens is 294 g/mol. The number of nitrogens with one attached hydrogen (secondary N) is 2. The van der Waals surface area contributed by atoms with Crippen molar-refractivity contribution in [3.05, 3.63) is 58.0 Å². The lowest BCUT2D eigenvalue weighted by Gasteiger charge is -2.09. The Kier molecular flexibility index (Phi) is 4.29. The first kappa shape index (κ1) is 14.7. The standard InChI is InChI=1S/C13H11N3O4S/c1-8-4-5-9(10(7-8)16(18)19)14-13(21)15-12(17)11-3-2-6-20-11/h2-7H,1H3,(H2,14,15,17,21). The predicted molar refractivity (Wildman–Crippen MR) is 80.2 cm³/mol. The van der Waals surface area contributed by atoms with Crippen LogP contribution in [0.1, 0.15) is 16.1 Å². The quantitative estimate of drug-likeness (QED) is 0.514. The Hall–Kier alpha value is -2.74. The summed E-state index contributed by atoms with van der Waals surface area (Å²) in [5, 5.41) is 15.9. The first-order chi connectivity index (χ1) is 9.97. The van der Waals surface area contributed by atoms with Crippen molar-refractivity contribution in [2.75, 3.05) is 5.32 Å². The van der Waals surface area contributed by atoms with Crippen LogP contribution in [-0.4, -0.2) is 15.9 Å². The number of carbonyl (C=O) groups excluding carboxylic acids is 1. The lowest BCUT2D eigenvalue weighted by atomic mass is 10.2. The molecule has 7 nitrogen and oxygen atoms in total. The molecule has 1 aromatic heterocycles. The van der Waals surface area contributed by atoms with E-state index in [1.165, 1.54) is 24.5 Å². The van der Waals surface area contributed by atoms with E-state index in [0.717, 1.165) is 5.56 Å². The van der Waals surface area contributed by atoms with Crippen molar-refractivity contribution in [1.29, 1.82) is 0 Å². The highest BCUT2D eigenvalue weighted by atomic mass is 32.1. The second kappa shape index (κ2) is 6.14. The number of hydrogen-bond donors (Lipinski definition) is 2. The molecule has 0 aliphatic carbocycles. The highest BCUT2D eigenvalue weighted by molar-refractivity contribution is 7.80. The van der Waals surface area contributed by atoms with Gasteiger partial charge in [0.1, 0.15) is 5.69 Å². The minimum Gasteiger partial charge on any atom is -0.459 e. The van der Waals surface area contributed by atoms with Crippen LogP contribution in [0.5, 0.6) is 0 Å². The number of rotatable bonds is 3. The molecule has 108 valence electrons. The molecule has 0 radical (unpaired) electrons. The molecule has 0 spiro atoms. The minimum atomic E-state index is -0.535. The zero-order valence-corrected chi connectivity index (χ0v) is 11.8. The summed E-state index contributed by atoms with van der Waals surface area (Å²) in [4.78, 5) is 22.2. The Bertz CT molecular complexity index is 697. The fourth-order valence-corrected chi connectivity index (χ4v) is 1.83. The van der Waals surface area contributed by atoms with Gasteiger partial charge in [0.15, 0.2) is 10.9 Å². The van der Waals surface area contributed by atoms with E-state index in [1.54, 1.807) is 19.1 Å². The van der Waals surface area contributed by atoms with E-state index in [9.17, 15) is 14.9 Å². The molecule has 0 unspecified atom stereocenters. The van der Waals surface area contributed by atoms with E-state index in [2.05, 4.69) is 10.6 Å². The molecule has 2 aromatic rings. The molecule has 0 aliphatic rings. The second-order valence-corrected chi connectivity index (χ2v) is 4.57. The van der Waals surface area contributed by atoms with Gasteiger partial charge < -0.3 is 9.73 Å². The molecule has 2 N–H and O–H groups in total. The van der Waals surface area contributed by atoms with Gasteiger partial charge in [0.2, 0.25) is 0 Å². The molecule has 0 aliphatic heterocycles. The molecule has 0 atom stereocenters. The van der Waals surface area contributed by atoms with Crippen LogP contribution in [0.3, 0.4) is 0 Å². The van der Waals surface area contributed by atoms with Crippen molar-refractivity contribution in [1.82, 2.24) is 5.32 Å². The highest BCUT2D eigenvalue weighted by Crippen LogP contribution is 2.25. The van der Waals surface area contributed by atoms with E-state index >= 15 is 0 Å². The molecule has 21 heavy (non-hydrogen) atoms. The summed E-state index contributed by atoms with van der Waals surface area (Å²) < 4.78 is 4.92. The zero-order chi connectivity index (χ0) is 15.4. The Morgan fingerprint density at radius 3 is 2.76 bits per heavy atom. The van der Waals surface area contributed by atoms with E-state index in [0.29, 0.717) is 0 Å². The number of hydrogen-bond acceptors (Lipinski definition) is 5. The number of nitro groups is 1. The summed E-state index contributed by atoms with van der Waals surface area (Å²) >= 11 is 4.96. The third-order valence-electron chi connectivity index (χ3n) is 2.57. The van der Waals surface area contributed by atoms with Crippen molar-refractivity contribution in [2.45, 2.75) is 6.92 Å². The van der Waals surface area contributed by atoms with Crippen LogP contribution in [0.4, 0.5) is 11.4 Å². The highest BCUT2D eigenvalue weighted by Gasteiger charge is 2.16. The number of anilines is 1. The fourth-order valence-electron chi connectivity index (χ4n) is 1.62. The van der Waals surface area contributed by atoms with Crippen LogP contribution in [0, 0.1) is 17.0 Å². The summed E-state index contributed by atoms with van der Waals surface area (Å²) in [7, 11) is 0. The maximum atomic E-state index is 11.7. The van der Waals surface area contributed by atoms with Crippen LogP contribution in [-0.2, 0) is 0 Å². The molecule has 8 heteroatoms. The minimum absolute atomic E-state index is 0.0525. The van der Waals surface area contributed by atoms with E-state index in [4.69, 9.17) is 16.6 Å². The van der Waals surface area contributed by atoms with Gasteiger partial charge in [-0.3, -0.25) is 20.2 Å². The van der Waals surface area contributed by atoms with Crippen LogP contribution in [0.2, 0.25) is 0 Å². The number of nitro benzene ring substituents is 1. The molecule has 2 rings (SSSR count). The van der Waals surface area contributed by atoms with Gasteiger partial charge in [-0.25, -0.2) is 0 Å². The molecule has 1 amide bonds. The lowest BCUT2D eigenvalue weighted by molar-refractivity contribution is -0.383. The van der Waals surface area contributed by atoms with Gasteiger partial charge in [-0.2, -0.15) is 0 Å². The van der Waals surface area contributed by atoms with Crippen LogP contribution >= 0.6 is 12.2 Å². The van der Waals surface area contributed by atoms with Gasteiger partial charge >= 0.3 is 0 Å². The third-order valence-corrected chi connectivity index (χ3v) is 2.77. The van der Waals surface area contributed by atoms with E-state index in [-0.39, 0.29) is 22.2 Å². The zero-order valence-electron chi connectivity index (χ0n) is 11.0. The molecule has 1 aromatic carbocycles. The van der Waals surface area contributed by atoms with E-state index in [1.807, 2.05) is 0 Å². The van der Waals surface area contributed by atoms with Gasteiger partial charge in [-0.05, 0) is 42.9 Å². The van der Waals surface area contributed by atoms with E-state index < -0.39 is 10.8 Å². The molecule has 0 bridgehead atoms. The number of thiocarbonyl (C=S) groups is 1. The smallest absolute Gasteiger partial charge is 0.293 e. The van der Waals surface area contributed by atoms with Gasteiger partial charge in [0.05, 0.1) is 11.2 Å². The first-order valence-corrected chi connectivity index (χ1v) is 6.29. The molecular formula is C13H11N3O4S. The topological polar surface area (TPSA) is 97.4 Å². The van der Waals surface area contributed by atoms with Crippen molar-refractivity contribution >= 4 is 34.6 Å². The summed E-state index contributed by atoms with van der Waals surface area (Å²) in [5.74, 6) is -0.440. The van der Waals surface area contributed by atoms with Gasteiger partial charge in [0.25, 0.3) is 11.6 Å². The van der Waals surface area contributed by atoms with Gasteiger partial charge in [0, 0.05) is 6.07 Å². The Balaban J connectivity index is 2.10. The van der Waals surface area contributed by atoms with Crippen molar-refractivity contribution < 1.29 is 14.1 Å². The first-order valence-electron chi connectivity index (χ1n) is 5.88. The number of carbonyl (C=O) groups is 1. The molecule has 1 heterocycles. The van der Waals surface area contributed by atoms with Crippen LogP contribution in [0.15, 0.2) is 41.0 Å². The summed E-state index contributed by atoms with van der Waals surface area (Å²) in [6.45, 7) is 1.74. The Morgan fingerprint density at radius 1 is 1.38 bits per heavy atom. The van der Waals surface area contributed by atoms with Gasteiger partial charge in [-0.15, -0.1) is 0 Å². The molecule has 0 saturated heterocycles. The average Bonchev–Trinajstić information content (AvgIpc) is 2.94. The molecule has 0 saturated carbocycles. The maximum Gasteiger partial charge on any atom is 0.293 e. The van der Waals surface area contributed by atoms with Crippen molar-refractivity contribution in [3.8, 4) is 0 Å². The summed E-state index contributed by atoms with van der Waals surface area (Å²) in [5.41, 5.74) is 0.831. The van der Waals surface area contributed by atoms with Crippen LogP contribution < -0.4 is 10.6 Å². The number of nitrogens with zero attached hydrogens (tertiary/aromatic N) is 1. The SMILES string of the molecule is Cc1ccc(NC(=S)NC(=O)c2ccco2)c([N+](=O)[O-])c1. The Labute approximate surface area is 125 Å². The lowest BCUT2D eigenvalue weighted by Crippen LogP contribution is -2.34. The normalized spacial score (nSPS) is 9.95. The Morgan fingerprint density at radius 2 is 2.14 bits per heavy atom. The van der Waals surface area contributed by atoms with Crippen LogP contribution in [0.25, 0.3) is 0 Å². The summed E-state index contributed by atoms with van der Waals surface area (Å²) in [6, 6.07) is 7.69. The number of amides is 1.